The van der Waals surface area contributed by atoms with Crippen LogP contribution in [0.5, 0.6) is 0 Å². The molecule has 116 valence electrons. The predicted octanol–water partition coefficient (Wildman–Crippen LogP) is 2.55. The van der Waals surface area contributed by atoms with Gasteiger partial charge < -0.3 is 15.0 Å². The maximum absolute atomic E-state index is 11.9. The number of nitrogens with zero attached hydrogens (tertiary/aromatic N) is 1. The minimum absolute atomic E-state index is 0.0821. The van der Waals surface area contributed by atoms with Gasteiger partial charge in [-0.15, -0.1) is 0 Å². The van der Waals surface area contributed by atoms with Crippen LogP contribution in [0, 0.1) is 5.92 Å². The van der Waals surface area contributed by atoms with Crippen molar-refractivity contribution in [3.8, 4) is 0 Å². The van der Waals surface area contributed by atoms with Crippen molar-refractivity contribution in [1.29, 1.82) is 0 Å². The summed E-state index contributed by atoms with van der Waals surface area (Å²) in [4.78, 5) is 25.5. The molecule has 20 heavy (non-hydrogen) atoms. The van der Waals surface area contributed by atoms with Gasteiger partial charge in [-0.3, -0.25) is 4.79 Å². The van der Waals surface area contributed by atoms with Gasteiger partial charge in [0.25, 0.3) is 0 Å². The van der Waals surface area contributed by atoms with E-state index in [-0.39, 0.29) is 11.9 Å². The summed E-state index contributed by atoms with van der Waals surface area (Å²) in [6, 6.07) is 0.0821. The monoisotopic (exact) mass is 284 g/mol. The summed E-state index contributed by atoms with van der Waals surface area (Å²) in [7, 11) is 0. The first-order valence-electron chi connectivity index (χ1n) is 7.49. The van der Waals surface area contributed by atoms with Crippen molar-refractivity contribution in [3.63, 3.8) is 0 Å². The number of alkyl carbamates (subject to hydrolysis) is 1. The topological polar surface area (TPSA) is 58.6 Å². The molecular formula is C15H28N2O3. The Balaban J connectivity index is 2.53. The molecule has 5 nitrogen and oxygen atoms in total. The summed E-state index contributed by atoms with van der Waals surface area (Å²) in [5.41, 5.74) is -0.497. The molecule has 0 aliphatic carbocycles. The van der Waals surface area contributed by atoms with Gasteiger partial charge >= 0.3 is 6.09 Å². The van der Waals surface area contributed by atoms with Gasteiger partial charge in [-0.2, -0.15) is 0 Å². The second-order valence-electron chi connectivity index (χ2n) is 6.61. The van der Waals surface area contributed by atoms with Crippen molar-refractivity contribution < 1.29 is 14.3 Å². The quantitative estimate of drug-likeness (QED) is 0.866. The van der Waals surface area contributed by atoms with E-state index in [4.69, 9.17) is 4.74 Å². The summed E-state index contributed by atoms with van der Waals surface area (Å²) >= 11 is 0. The van der Waals surface area contributed by atoms with Crippen LogP contribution in [0.3, 0.4) is 0 Å². The molecule has 0 bridgehead atoms. The number of piperidine rings is 1. The van der Waals surface area contributed by atoms with E-state index >= 15 is 0 Å². The maximum Gasteiger partial charge on any atom is 0.407 e. The van der Waals surface area contributed by atoms with Crippen LogP contribution in [0.1, 0.15) is 53.9 Å². The molecule has 1 aliphatic rings. The Hall–Kier alpha value is -1.26. The fourth-order valence-corrected chi connectivity index (χ4v) is 2.49. The molecule has 1 aliphatic heterocycles. The van der Waals surface area contributed by atoms with Crippen LogP contribution in [0.25, 0.3) is 0 Å². The second kappa shape index (κ2) is 6.95. The minimum Gasteiger partial charge on any atom is -0.444 e. The zero-order valence-electron chi connectivity index (χ0n) is 13.4. The number of amides is 2. The number of nitrogens with one attached hydrogen (secondary N) is 1. The molecule has 1 saturated heterocycles. The number of carbonyl (C=O) groups is 2. The van der Waals surface area contributed by atoms with Crippen LogP contribution in [0.15, 0.2) is 0 Å². The van der Waals surface area contributed by atoms with Crippen LogP contribution in [-0.2, 0) is 9.53 Å². The van der Waals surface area contributed by atoms with Crippen molar-refractivity contribution in [3.05, 3.63) is 0 Å². The second-order valence-corrected chi connectivity index (χ2v) is 6.61. The summed E-state index contributed by atoms with van der Waals surface area (Å²) in [5.74, 6) is 0.745. The predicted molar refractivity (Wildman–Crippen MR) is 78.4 cm³/mol. The minimum atomic E-state index is -0.497. The molecule has 1 fully saturated rings. The molecule has 0 radical (unpaired) electrons. The number of hydrogen-bond acceptors (Lipinski definition) is 3. The van der Waals surface area contributed by atoms with E-state index in [2.05, 4.69) is 12.2 Å². The number of hydrogen-bond donors (Lipinski definition) is 1. The standard InChI is InChI=1S/C15H28N2O3/c1-6-13(18)17-8-7-11(2)9-12(17)10-16-14(19)20-15(3,4)5/h11-12H,6-10H2,1-5H3,(H,16,19)/t11-,12-/m1/s1. The smallest absolute Gasteiger partial charge is 0.407 e. The van der Waals surface area contributed by atoms with E-state index < -0.39 is 11.7 Å². The highest BCUT2D eigenvalue weighted by Crippen LogP contribution is 2.22. The lowest BCUT2D eigenvalue weighted by Gasteiger charge is -2.38. The molecule has 0 aromatic carbocycles. The molecule has 0 aromatic rings. The molecule has 2 atom stereocenters. The third-order valence-electron chi connectivity index (χ3n) is 3.48. The first-order valence-corrected chi connectivity index (χ1v) is 7.49. The van der Waals surface area contributed by atoms with Crippen LogP contribution >= 0.6 is 0 Å². The van der Waals surface area contributed by atoms with Crippen molar-refractivity contribution >= 4 is 12.0 Å². The Bertz CT molecular complexity index is 350. The number of rotatable bonds is 3. The first kappa shape index (κ1) is 16.8. The Morgan fingerprint density at radius 1 is 1.35 bits per heavy atom. The van der Waals surface area contributed by atoms with Gasteiger partial charge in [-0.25, -0.2) is 4.79 Å². The van der Waals surface area contributed by atoms with Crippen molar-refractivity contribution in [2.24, 2.45) is 5.92 Å². The molecule has 2 amide bonds. The van der Waals surface area contributed by atoms with E-state index in [1.165, 1.54) is 0 Å². The lowest BCUT2D eigenvalue weighted by molar-refractivity contribution is -0.135. The SMILES string of the molecule is CCC(=O)N1CC[C@@H](C)C[C@@H]1CNC(=O)OC(C)(C)C. The number of ether oxygens (including phenoxy) is 1. The van der Waals surface area contributed by atoms with Gasteiger partial charge in [0.15, 0.2) is 0 Å². The molecule has 1 heterocycles. The van der Waals surface area contributed by atoms with E-state index in [9.17, 15) is 9.59 Å². The Morgan fingerprint density at radius 3 is 2.55 bits per heavy atom. The van der Waals surface area contributed by atoms with Gasteiger partial charge in [0.1, 0.15) is 5.60 Å². The zero-order valence-corrected chi connectivity index (χ0v) is 13.4. The summed E-state index contributed by atoms with van der Waals surface area (Å²) in [5, 5.41) is 2.78. The highest BCUT2D eigenvalue weighted by molar-refractivity contribution is 5.76. The Labute approximate surface area is 122 Å². The number of carbonyl (C=O) groups excluding carboxylic acids is 2. The summed E-state index contributed by atoms with van der Waals surface area (Å²) in [6.07, 6.45) is 2.06. The van der Waals surface area contributed by atoms with Crippen molar-refractivity contribution in [2.45, 2.75) is 65.5 Å². The summed E-state index contributed by atoms with van der Waals surface area (Å²) in [6.45, 7) is 10.8. The first-order chi connectivity index (χ1) is 9.23. The molecule has 0 unspecified atom stereocenters. The molecular weight excluding hydrogens is 256 g/mol. The third-order valence-corrected chi connectivity index (χ3v) is 3.48. The lowest BCUT2D eigenvalue weighted by Crippen LogP contribution is -2.51. The molecule has 1 rings (SSSR count). The van der Waals surface area contributed by atoms with E-state index in [1.807, 2.05) is 32.6 Å². The van der Waals surface area contributed by atoms with Gasteiger partial charge in [0.05, 0.1) is 0 Å². The van der Waals surface area contributed by atoms with Crippen LogP contribution < -0.4 is 5.32 Å². The van der Waals surface area contributed by atoms with Crippen molar-refractivity contribution in [2.75, 3.05) is 13.1 Å². The van der Waals surface area contributed by atoms with Crippen LogP contribution in [-0.4, -0.2) is 41.6 Å². The molecule has 1 N–H and O–H groups in total. The van der Waals surface area contributed by atoms with E-state index in [1.54, 1.807) is 0 Å². The molecule has 0 spiro atoms. The van der Waals surface area contributed by atoms with Gasteiger partial charge in [-0.05, 0) is 39.5 Å². The third kappa shape index (κ3) is 5.39. The highest BCUT2D eigenvalue weighted by Gasteiger charge is 2.29. The fourth-order valence-electron chi connectivity index (χ4n) is 2.49. The Kier molecular flexibility index (Phi) is 5.84. The normalized spacial score (nSPS) is 23.4. The van der Waals surface area contributed by atoms with Crippen LogP contribution in [0.2, 0.25) is 0 Å². The molecule has 5 heteroatoms. The lowest BCUT2D eigenvalue weighted by atomic mass is 9.92. The molecule has 0 aromatic heterocycles. The summed E-state index contributed by atoms with van der Waals surface area (Å²) < 4.78 is 5.22. The molecule has 0 saturated carbocycles. The fraction of sp³-hybridized carbons (Fsp3) is 0.867. The van der Waals surface area contributed by atoms with Gasteiger partial charge in [-0.1, -0.05) is 13.8 Å². The average Bonchev–Trinajstić information content (AvgIpc) is 2.33. The van der Waals surface area contributed by atoms with Crippen LogP contribution in [0.4, 0.5) is 4.79 Å². The Morgan fingerprint density at radius 2 is 2.00 bits per heavy atom. The zero-order chi connectivity index (χ0) is 15.3. The largest absolute Gasteiger partial charge is 0.444 e. The van der Waals surface area contributed by atoms with Gasteiger partial charge in [0.2, 0.25) is 5.91 Å². The van der Waals surface area contributed by atoms with Gasteiger partial charge in [0, 0.05) is 25.6 Å². The highest BCUT2D eigenvalue weighted by atomic mass is 16.6. The number of likely N-dealkylation sites (tertiary alicyclic amines) is 1. The average molecular weight is 284 g/mol. The van der Waals surface area contributed by atoms with Crippen molar-refractivity contribution in [1.82, 2.24) is 10.2 Å². The van der Waals surface area contributed by atoms with E-state index in [0.717, 1.165) is 19.4 Å². The maximum atomic E-state index is 11.9. The van der Waals surface area contributed by atoms with E-state index in [0.29, 0.717) is 18.9 Å².